The highest BCUT2D eigenvalue weighted by Crippen LogP contribution is 2.14. The summed E-state index contributed by atoms with van der Waals surface area (Å²) in [6, 6.07) is 12.3. The molecule has 0 fully saturated rings. The van der Waals surface area contributed by atoms with Crippen LogP contribution in [0.4, 0.5) is 5.69 Å². The van der Waals surface area contributed by atoms with E-state index < -0.39 is 0 Å². The lowest BCUT2D eigenvalue weighted by Gasteiger charge is -2.04. The first-order valence-corrected chi connectivity index (χ1v) is 8.77. The van der Waals surface area contributed by atoms with E-state index in [1.807, 2.05) is 29.9 Å². The predicted octanol–water partition coefficient (Wildman–Crippen LogP) is 4.49. The van der Waals surface area contributed by atoms with Gasteiger partial charge in [0.2, 0.25) is 4.80 Å². The molecular formula is C19H20N4S. The monoisotopic (exact) mass is 336 g/mol. The molecule has 24 heavy (non-hydrogen) atoms. The van der Waals surface area contributed by atoms with Crippen LogP contribution in [0.2, 0.25) is 0 Å². The molecule has 0 amide bonds. The van der Waals surface area contributed by atoms with Gasteiger partial charge >= 0.3 is 0 Å². The summed E-state index contributed by atoms with van der Waals surface area (Å²) in [5, 5.41) is 6.64. The zero-order chi connectivity index (χ0) is 16.9. The molecule has 0 saturated heterocycles. The van der Waals surface area contributed by atoms with Crippen molar-refractivity contribution >= 4 is 23.2 Å². The Labute approximate surface area is 145 Å². The molecule has 4 nitrogen and oxygen atoms in total. The van der Waals surface area contributed by atoms with Crippen LogP contribution in [0.25, 0.3) is 0 Å². The summed E-state index contributed by atoms with van der Waals surface area (Å²) in [4.78, 5) is 9.54. The van der Waals surface area contributed by atoms with Crippen LogP contribution >= 0.6 is 11.3 Å². The summed E-state index contributed by atoms with van der Waals surface area (Å²) >= 11 is 1.57. The summed E-state index contributed by atoms with van der Waals surface area (Å²) in [6.07, 6.45) is 5.35. The standard InChI is InChI=1S/C19H20N4S/c1-14(2)17-8-6-16(7-9-17)11-21-23-15(3)13-24-19(23)22-18-5-4-10-20-12-18/h4-14H,1-3H3. The molecule has 0 radical (unpaired) electrons. The Morgan fingerprint density at radius 1 is 1.17 bits per heavy atom. The Kier molecular flexibility index (Phi) is 5.01. The van der Waals surface area contributed by atoms with Crippen LogP contribution in [0.15, 0.2) is 64.3 Å². The molecular weight excluding hydrogens is 316 g/mol. The Bertz CT molecular complexity index is 887. The fourth-order valence-corrected chi connectivity index (χ4v) is 3.05. The largest absolute Gasteiger partial charge is 0.262 e. The molecule has 3 rings (SSSR count). The molecule has 0 N–H and O–H groups in total. The maximum Gasteiger partial charge on any atom is 0.211 e. The third kappa shape index (κ3) is 3.86. The van der Waals surface area contributed by atoms with Gasteiger partial charge < -0.3 is 0 Å². The van der Waals surface area contributed by atoms with E-state index in [0.717, 1.165) is 21.7 Å². The highest BCUT2D eigenvalue weighted by molar-refractivity contribution is 7.07. The van der Waals surface area contributed by atoms with E-state index in [4.69, 9.17) is 0 Å². The average molecular weight is 336 g/mol. The molecule has 0 saturated carbocycles. The molecule has 122 valence electrons. The zero-order valence-corrected chi connectivity index (χ0v) is 14.9. The predicted molar refractivity (Wildman–Crippen MR) is 100 cm³/mol. The van der Waals surface area contributed by atoms with Crippen LogP contribution in [0.3, 0.4) is 0 Å². The lowest BCUT2D eigenvalue weighted by molar-refractivity contribution is 0.809. The molecule has 1 aromatic carbocycles. The van der Waals surface area contributed by atoms with E-state index in [1.165, 1.54) is 5.56 Å². The second kappa shape index (κ2) is 7.36. The number of nitrogens with zero attached hydrogens (tertiary/aromatic N) is 4. The summed E-state index contributed by atoms with van der Waals surface area (Å²) in [6.45, 7) is 6.41. The Hall–Kier alpha value is -2.53. The van der Waals surface area contributed by atoms with Gasteiger partial charge in [0, 0.05) is 11.6 Å². The number of benzene rings is 1. The van der Waals surface area contributed by atoms with Gasteiger partial charge in [-0.15, -0.1) is 11.3 Å². The maximum atomic E-state index is 4.62. The smallest absolute Gasteiger partial charge is 0.211 e. The van der Waals surface area contributed by atoms with E-state index in [-0.39, 0.29) is 0 Å². The van der Waals surface area contributed by atoms with Crippen molar-refractivity contribution in [2.24, 2.45) is 10.1 Å². The molecule has 0 atom stereocenters. The first kappa shape index (κ1) is 16.3. The number of aromatic nitrogens is 2. The lowest BCUT2D eigenvalue weighted by atomic mass is 10.0. The van der Waals surface area contributed by atoms with Crippen molar-refractivity contribution in [1.29, 1.82) is 0 Å². The summed E-state index contributed by atoms with van der Waals surface area (Å²) in [5.41, 5.74) is 4.28. The van der Waals surface area contributed by atoms with Crippen molar-refractivity contribution in [2.75, 3.05) is 0 Å². The van der Waals surface area contributed by atoms with Crippen LogP contribution in [0.5, 0.6) is 0 Å². The number of rotatable bonds is 4. The van der Waals surface area contributed by atoms with E-state index >= 15 is 0 Å². The third-order valence-electron chi connectivity index (χ3n) is 3.65. The van der Waals surface area contributed by atoms with Crippen LogP contribution in [-0.2, 0) is 0 Å². The highest BCUT2D eigenvalue weighted by Gasteiger charge is 2.01. The zero-order valence-electron chi connectivity index (χ0n) is 14.0. The molecule has 2 heterocycles. The second-order valence-corrected chi connectivity index (χ2v) is 6.70. The van der Waals surface area contributed by atoms with Crippen LogP contribution in [0.1, 0.15) is 36.6 Å². The van der Waals surface area contributed by atoms with E-state index in [2.05, 4.69) is 58.6 Å². The van der Waals surface area contributed by atoms with Crippen LogP contribution in [-0.4, -0.2) is 15.9 Å². The van der Waals surface area contributed by atoms with Crippen molar-refractivity contribution < 1.29 is 0 Å². The number of thiazole rings is 1. The van der Waals surface area contributed by atoms with Crippen LogP contribution < -0.4 is 4.80 Å². The van der Waals surface area contributed by atoms with Gasteiger partial charge in [-0.1, -0.05) is 38.1 Å². The van der Waals surface area contributed by atoms with Gasteiger partial charge in [-0.25, -0.2) is 9.67 Å². The van der Waals surface area contributed by atoms with Gasteiger partial charge in [-0.05, 0) is 36.1 Å². The number of pyridine rings is 1. The van der Waals surface area contributed by atoms with Gasteiger partial charge in [0.1, 0.15) is 0 Å². The summed E-state index contributed by atoms with van der Waals surface area (Å²) < 4.78 is 1.86. The van der Waals surface area contributed by atoms with Crippen LogP contribution in [0, 0.1) is 6.92 Å². The van der Waals surface area contributed by atoms with Crippen molar-refractivity contribution in [3.63, 3.8) is 0 Å². The number of aryl methyl sites for hydroxylation is 1. The maximum absolute atomic E-state index is 4.62. The van der Waals surface area contributed by atoms with Gasteiger partial charge in [0.15, 0.2) is 0 Å². The highest BCUT2D eigenvalue weighted by atomic mass is 32.1. The molecule has 0 bridgehead atoms. The van der Waals surface area contributed by atoms with Gasteiger partial charge in [-0.2, -0.15) is 5.10 Å². The first-order chi connectivity index (χ1) is 11.6. The minimum atomic E-state index is 0.536. The molecule has 5 heteroatoms. The molecule has 0 unspecified atom stereocenters. The minimum Gasteiger partial charge on any atom is -0.262 e. The minimum absolute atomic E-state index is 0.536. The quantitative estimate of drug-likeness (QED) is 0.647. The van der Waals surface area contributed by atoms with Crippen molar-refractivity contribution in [2.45, 2.75) is 26.7 Å². The van der Waals surface area contributed by atoms with Gasteiger partial charge in [-0.3, -0.25) is 4.98 Å². The molecule has 0 aliphatic heterocycles. The Balaban J connectivity index is 1.90. The topological polar surface area (TPSA) is 42.5 Å². The molecule has 0 spiro atoms. The summed E-state index contributed by atoms with van der Waals surface area (Å²) in [5.74, 6) is 0.536. The van der Waals surface area contributed by atoms with Gasteiger partial charge in [0.05, 0.1) is 23.8 Å². The average Bonchev–Trinajstić information content (AvgIpc) is 2.94. The lowest BCUT2D eigenvalue weighted by Crippen LogP contribution is -2.11. The first-order valence-electron chi connectivity index (χ1n) is 7.89. The van der Waals surface area contributed by atoms with Crippen molar-refractivity contribution in [1.82, 2.24) is 9.66 Å². The van der Waals surface area contributed by atoms with E-state index in [9.17, 15) is 0 Å². The fraction of sp³-hybridized carbons (Fsp3) is 0.211. The summed E-state index contributed by atoms with van der Waals surface area (Å²) in [7, 11) is 0. The SMILES string of the molecule is Cc1csc(=Nc2cccnc2)n1N=Cc1ccc(C(C)C)cc1. The molecule has 0 aliphatic carbocycles. The normalized spacial score (nSPS) is 12.4. The fourth-order valence-electron chi connectivity index (χ4n) is 2.22. The molecule has 0 aliphatic rings. The molecule has 3 aromatic rings. The number of hydrogen-bond donors (Lipinski definition) is 0. The van der Waals surface area contributed by atoms with Crippen molar-refractivity contribution in [3.8, 4) is 0 Å². The third-order valence-corrected chi connectivity index (χ3v) is 4.58. The van der Waals surface area contributed by atoms with Crippen molar-refractivity contribution in [3.05, 3.63) is 75.8 Å². The number of hydrogen-bond acceptors (Lipinski definition) is 4. The Morgan fingerprint density at radius 2 is 1.96 bits per heavy atom. The van der Waals surface area contributed by atoms with E-state index in [1.54, 1.807) is 23.7 Å². The van der Waals surface area contributed by atoms with E-state index in [0.29, 0.717) is 5.92 Å². The second-order valence-electron chi connectivity index (χ2n) is 5.86. The molecule has 2 aromatic heterocycles. The Morgan fingerprint density at radius 3 is 2.62 bits per heavy atom. The van der Waals surface area contributed by atoms with Gasteiger partial charge in [0.25, 0.3) is 0 Å².